The van der Waals surface area contributed by atoms with Crippen LogP contribution < -0.4 is 5.69 Å². The van der Waals surface area contributed by atoms with Gasteiger partial charge in [0.2, 0.25) is 0 Å². The van der Waals surface area contributed by atoms with Crippen LogP contribution in [0.25, 0.3) is 21.9 Å². The first-order chi connectivity index (χ1) is 14.4. The van der Waals surface area contributed by atoms with Crippen molar-refractivity contribution in [2.75, 3.05) is 0 Å². The van der Waals surface area contributed by atoms with Crippen molar-refractivity contribution in [3.63, 3.8) is 0 Å². The summed E-state index contributed by atoms with van der Waals surface area (Å²) in [6, 6.07) is 12.9. The van der Waals surface area contributed by atoms with E-state index in [4.69, 9.17) is 11.6 Å². The van der Waals surface area contributed by atoms with Crippen molar-refractivity contribution >= 4 is 39.5 Å². The molecule has 2 heterocycles. The van der Waals surface area contributed by atoms with Gasteiger partial charge in [0.05, 0.1) is 29.0 Å². The number of hydrogen-bond donors (Lipinski definition) is 1. The van der Waals surface area contributed by atoms with Gasteiger partial charge in [0, 0.05) is 30.2 Å². The minimum atomic E-state index is -0.905. The highest BCUT2D eigenvalue weighted by molar-refractivity contribution is 6.35. The summed E-state index contributed by atoms with van der Waals surface area (Å²) in [5.74, 6) is -0.905. The van der Waals surface area contributed by atoms with Crippen LogP contribution in [0, 0.1) is 0 Å². The molecule has 4 aromatic rings. The largest absolute Gasteiger partial charge is 0.481 e. The summed E-state index contributed by atoms with van der Waals surface area (Å²) in [5.41, 5.74) is 3.31. The van der Waals surface area contributed by atoms with E-state index in [1.54, 1.807) is 9.13 Å². The van der Waals surface area contributed by atoms with Crippen molar-refractivity contribution in [3.05, 3.63) is 69.7 Å². The third-order valence-corrected chi connectivity index (χ3v) is 5.95. The van der Waals surface area contributed by atoms with Crippen LogP contribution in [0.15, 0.2) is 53.5 Å². The Balaban J connectivity index is 1.90. The second kappa shape index (κ2) is 8.03. The maximum absolute atomic E-state index is 13.5. The molecule has 2 aromatic heterocycles. The van der Waals surface area contributed by atoms with Crippen molar-refractivity contribution in [2.24, 2.45) is 7.05 Å². The van der Waals surface area contributed by atoms with E-state index in [-0.39, 0.29) is 18.2 Å². The molecular weight excluding hydrogens is 402 g/mol. The molecule has 0 aliphatic heterocycles. The lowest BCUT2D eigenvalue weighted by atomic mass is 10.1. The van der Waals surface area contributed by atoms with E-state index in [9.17, 15) is 14.7 Å². The topological polar surface area (TPSA) is 69.2 Å². The van der Waals surface area contributed by atoms with Crippen LogP contribution in [-0.4, -0.2) is 24.8 Å². The molecule has 4 rings (SSSR count). The Morgan fingerprint density at radius 2 is 1.80 bits per heavy atom. The molecule has 30 heavy (non-hydrogen) atoms. The number of nitrogens with zero attached hydrogens (tertiary/aromatic N) is 3. The summed E-state index contributed by atoms with van der Waals surface area (Å²) < 4.78 is 5.38. The van der Waals surface area contributed by atoms with Crippen molar-refractivity contribution in [1.82, 2.24) is 13.7 Å². The third kappa shape index (κ3) is 3.41. The molecule has 0 saturated carbocycles. The summed E-state index contributed by atoms with van der Waals surface area (Å²) in [5, 5.41) is 11.0. The fourth-order valence-electron chi connectivity index (χ4n) is 4.38. The highest BCUT2D eigenvalue weighted by Crippen LogP contribution is 2.30. The summed E-state index contributed by atoms with van der Waals surface area (Å²) in [7, 11) is 1.96. The molecule has 0 aliphatic carbocycles. The number of aryl methyl sites for hydroxylation is 1. The predicted octanol–water partition coefficient (Wildman–Crippen LogP) is 4.81. The molecule has 1 unspecified atom stereocenters. The molecule has 1 N–H and O–H groups in total. The Hall–Kier alpha value is -2.99. The SMILES string of the molecule is CCCC(CC(=O)O)n1c(=O)n(Cc2cn(C)c3cccc(Cl)c23)c2ccccc21. The lowest BCUT2D eigenvalue weighted by molar-refractivity contribution is -0.137. The summed E-state index contributed by atoms with van der Waals surface area (Å²) in [6.07, 6.45) is 3.33. The van der Waals surface area contributed by atoms with E-state index in [1.165, 1.54) is 0 Å². The first-order valence-electron chi connectivity index (χ1n) is 10.1. The van der Waals surface area contributed by atoms with Gasteiger partial charge < -0.3 is 9.67 Å². The van der Waals surface area contributed by atoms with Crippen molar-refractivity contribution < 1.29 is 9.90 Å². The van der Waals surface area contributed by atoms with E-state index in [2.05, 4.69) is 0 Å². The zero-order chi connectivity index (χ0) is 21.4. The second-order valence-corrected chi connectivity index (χ2v) is 8.07. The maximum atomic E-state index is 13.5. The van der Waals surface area contributed by atoms with Gasteiger partial charge in [0.25, 0.3) is 0 Å². The number of hydrogen-bond acceptors (Lipinski definition) is 2. The van der Waals surface area contributed by atoms with Crippen LogP contribution in [0.2, 0.25) is 5.02 Å². The number of fused-ring (bicyclic) bond motifs is 2. The molecule has 156 valence electrons. The fourth-order valence-corrected chi connectivity index (χ4v) is 4.67. The van der Waals surface area contributed by atoms with Gasteiger partial charge in [-0.1, -0.05) is 43.1 Å². The molecule has 0 fully saturated rings. The van der Waals surface area contributed by atoms with Gasteiger partial charge in [0.1, 0.15) is 0 Å². The van der Waals surface area contributed by atoms with Gasteiger partial charge >= 0.3 is 11.7 Å². The molecule has 0 aliphatic rings. The number of carbonyl (C=O) groups is 1. The van der Waals surface area contributed by atoms with Gasteiger partial charge in [-0.15, -0.1) is 0 Å². The van der Waals surface area contributed by atoms with Crippen LogP contribution in [-0.2, 0) is 18.4 Å². The first kappa shape index (κ1) is 20.3. The Morgan fingerprint density at radius 1 is 1.10 bits per heavy atom. The number of halogens is 1. The number of imidazole rings is 1. The summed E-state index contributed by atoms with van der Waals surface area (Å²) in [6.45, 7) is 2.36. The van der Waals surface area contributed by atoms with Gasteiger partial charge in [-0.2, -0.15) is 0 Å². The first-order valence-corrected chi connectivity index (χ1v) is 10.4. The molecule has 0 saturated heterocycles. The molecule has 6 nitrogen and oxygen atoms in total. The summed E-state index contributed by atoms with van der Waals surface area (Å²) >= 11 is 6.48. The highest BCUT2D eigenvalue weighted by atomic mass is 35.5. The number of aromatic nitrogens is 3. The minimum absolute atomic E-state index is 0.0815. The predicted molar refractivity (Wildman–Crippen MR) is 119 cm³/mol. The molecule has 1 atom stereocenters. The standard InChI is InChI=1S/C23H24ClN3O3/c1-3-7-16(12-21(28)29)27-19-10-5-4-9-18(19)26(23(27)30)14-15-13-25(2)20-11-6-8-17(24)22(15)20/h4-6,8-11,13,16H,3,7,12,14H2,1-2H3,(H,28,29). The lowest BCUT2D eigenvalue weighted by Gasteiger charge is -2.16. The lowest BCUT2D eigenvalue weighted by Crippen LogP contribution is -2.29. The quantitative estimate of drug-likeness (QED) is 0.462. The Kier molecular flexibility index (Phi) is 5.43. The zero-order valence-corrected chi connectivity index (χ0v) is 17.8. The van der Waals surface area contributed by atoms with Gasteiger partial charge in [-0.25, -0.2) is 4.79 Å². The molecule has 0 radical (unpaired) electrons. The normalized spacial score (nSPS) is 12.6. The molecule has 0 amide bonds. The molecule has 7 heteroatoms. The van der Waals surface area contributed by atoms with E-state index in [0.29, 0.717) is 18.0 Å². The smallest absolute Gasteiger partial charge is 0.329 e. The Labute approximate surface area is 178 Å². The molecule has 0 bridgehead atoms. The highest BCUT2D eigenvalue weighted by Gasteiger charge is 2.23. The van der Waals surface area contributed by atoms with Gasteiger partial charge in [-0.05, 0) is 36.2 Å². The number of aliphatic carboxylic acids is 1. The van der Waals surface area contributed by atoms with Crippen molar-refractivity contribution in [1.29, 1.82) is 0 Å². The molecule has 0 spiro atoms. The van der Waals surface area contributed by atoms with Crippen LogP contribution in [0.5, 0.6) is 0 Å². The Morgan fingerprint density at radius 3 is 2.50 bits per heavy atom. The van der Waals surface area contributed by atoms with E-state index >= 15 is 0 Å². The van der Waals surface area contributed by atoms with Crippen LogP contribution in [0.3, 0.4) is 0 Å². The van der Waals surface area contributed by atoms with Crippen LogP contribution >= 0.6 is 11.6 Å². The van der Waals surface area contributed by atoms with Gasteiger partial charge in [0.15, 0.2) is 0 Å². The number of carboxylic acids is 1. The van der Waals surface area contributed by atoms with Gasteiger partial charge in [-0.3, -0.25) is 13.9 Å². The minimum Gasteiger partial charge on any atom is -0.481 e. The number of carboxylic acid groups (broad SMARTS) is 1. The van der Waals surface area contributed by atoms with E-state index in [0.717, 1.165) is 33.9 Å². The third-order valence-electron chi connectivity index (χ3n) is 5.64. The summed E-state index contributed by atoms with van der Waals surface area (Å²) in [4.78, 5) is 25.0. The fraction of sp³-hybridized carbons (Fsp3) is 0.304. The average Bonchev–Trinajstić information content (AvgIpc) is 3.17. The van der Waals surface area contributed by atoms with E-state index in [1.807, 2.05) is 67.2 Å². The zero-order valence-electron chi connectivity index (χ0n) is 17.0. The monoisotopic (exact) mass is 425 g/mol. The van der Waals surface area contributed by atoms with Crippen molar-refractivity contribution in [2.45, 2.75) is 38.8 Å². The molecular formula is C23H24ClN3O3. The Bertz CT molecular complexity index is 1300. The number of rotatable bonds is 7. The second-order valence-electron chi connectivity index (χ2n) is 7.67. The number of para-hydroxylation sites is 2. The molecule has 2 aromatic carbocycles. The maximum Gasteiger partial charge on any atom is 0.329 e. The average molecular weight is 426 g/mol. The van der Waals surface area contributed by atoms with Crippen LogP contribution in [0.1, 0.15) is 37.8 Å². The van der Waals surface area contributed by atoms with E-state index < -0.39 is 5.97 Å². The van der Waals surface area contributed by atoms with Crippen molar-refractivity contribution in [3.8, 4) is 0 Å². The van der Waals surface area contributed by atoms with Crippen LogP contribution in [0.4, 0.5) is 0 Å². The number of benzene rings is 2.